The van der Waals surface area contributed by atoms with Gasteiger partial charge in [0.15, 0.2) is 11.6 Å². The van der Waals surface area contributed by atoms with Gasteiger partial charge in [-0.05, 0) is 31.2 Å². The molecule has 26 heavy (non-hydrogen) atoms. The van der Waals surface area contributed by atoms with E-state index in [9.17, 15) is 18.5 Å². The summed E-state index contributed by atoms with van der Waals surface area (Å²) in [5.74, 6) is 0.162. The summed E-state index contributed by atoms with van der Waals surface area (Å²) in [6, 6.07) is 10.6. The van der Waals surface area contributed by atoms with Crippen LogP contribution in [0.3, 0.4) is 0 Å². The second-order valence-corrected chi connectivity index (χ2v) is 7.32. The number of nitro groups is 1. The van der Waals surface area contributed by atoms with Gasteiger partial charge in [0.25, 0.3) is 10.0 Å². The average Bonchev–Trinajstić information content (AvgIpc) is 3.12. The molecule has 1 aromatic heterocycles. The van der Waals surface area contributed by atoms with E-state index in [2.05, 4.69) is 4.98 Å². The number of hydrogen-bond acceptors (Lipinski definition) is 6. The first-order chi connectivity index (χ1) is 12.3. The summed E-state index contributed by atoms with van der Waals surface area (Å²) in [6.45, 7) is 1.86. The Morgan fingerprint density at radius 3 is 2.46 bits per heavy atom. The lowest BCUT2D eigenvalue weighted by Gasteiger charge is -2.10. The highest BCUT2D eigenvalue weighted by Crippen LogP contribution is 2.32. The molecule has 0 saturated heterocycles. The van der Waals surface area contributed by atoms with E-state index in [1.165, 1.54) is 49.8 Å². The Morgan fingerprint density at radius 2 is 1.85 bits per heavy atom. The molecule has 134 valence electrons. The SMILES string of the molecule is COc1ccc(-c2nccn2S(=O)(=O)c2ccc(C)cc2)cc1[N+](=O)[O-]. The van der Waals surface area contributed by atoms with Gasteiger partial charge in [0, 0.05) is 24.0 Å². The number of imidazole rings is 1. The quantitative estimate of drug-likeness (QED) is 0.503. The van der Waals surface area contributed by atoms with Crippen molar-refractivity contribution in [3.8, 4) is 17.1 Å². The van der Waals surface area contributed by atoms with Crippen molar-refractivity contribution in [2.45, 2.75) is 11.8 Å². The third-order valence-electron chi connectivity index (χ3n) is 3.82. The van der Waals surface area contributed by atoms with Crippen LogP contribution in [-0.4, -0.2) is 29.4 Å². The molecule has 2 aromatic carbocycles. The Hall–Kier alpha value is -3.20. The van der Waals surface area contributed by atoms with Crippen LogP contribution in [-0.2, 0) is 10.0 Å². The maximum atomic E-state index is 12.9. The average molecular weight is 373 g/mol. The Bertz CT molecular complexity index is 1070. The fraction of sp³-hybridized carbons (Fsp3) is 0.118. The van der Waals surface area contributed by atoms with Crippen LogP contribution in [0.2, 0.25) is 0 Å². The molecule has 0 aliphatic rings. The maximum Gasteiger partial charge on any atom is 0.311 e. The second-order valence-electron chi connectivity index (χ2n) is 5.51. The number of rotatable bonds is 5. The largest absolute Gasteiger partial charge is 0.490 e. The molecule has 9 heteroatoms. The van der Waals surface area contributed by atoms with Gasteiger partial charge in [-0.1, -0.05) is 17.7 Å². The van der Waals surface area contributed by atoms with E-state index in [1.807, 2.05) is 6.92 Å². The first-order valence-electron chi connectivity index (χ1n) is 7.53. The minimum atomic E-state index is -3.89. The maximum absolute atomic E-state index is 12.9. The summed E-state index contributed by atoms with van der Waals surface area (Å²) in [6.07, 6.45) is 2.64. The summed E-state index contributed by atoms with van der Waals surface area (Å²) < 4.78 is 31.8. The van der Waals surface area contributed by atoms with Gasteiger partial charge in [0.2, 0.25) is 0 Å². The van der Waals surface area contributed by atoms with Crippen LogP contribution >= 0.6 is 0 Å². The van der Waals surface area contributed by atoms with E-state index in [0.717, 1.165) is 9.54 Å². The van der Waals surface area contributed by atoms with E-state index in [4.69, 9.17) is 4.74 Å². The monoisotopic (exact) mass is 373 g/mol. The Balaban J connectivity index is 2.14. The standard InChI is InChI=1S/C17H15N3O5S/c1-12-3-6-14(7-4-12)26(23,24)19-10-9-18-17(19)13-5-8-16(25-2)15(11-13)20(21)22/h3-11H,1-2H3. The molecule has 0 atom stereocenters. The third kappa shape index (κ3) is 3.04. The fourth-order valence-electron chi connectivity index (χ4n) is 2.48. The summed E-state index contributed by atoms with van der Waals surface area (Å²) in [4.78, 5) is 14.8. The van der Waals surface area contributed by atoms with E-state index in [-0.39, 0.29) is 27.7 Å². The number of ether oxygens (including phenoxy) is 1. The molecule has 0 aliphatic carbocycles. The highest BCUT2D eigenvalue weighted by Gasteiger charge is 2.23. The van der Waals surface area contributed by atoms with E-state index in [1.54, 1.807) is 12.1 Å². The van der Waals surface area contributed by atoms with Gasteiger partial charge in [-0.3, -0.25) is 10.1 Å². The fourth-order valence-corrected chi connectivity index (χ4v) is 3.79. The van der Waals surface area contributed by atoms with E-state index >= 15 is 0 Å². The second kappa shape index (κ2) is 6.60. The molecule has 0 amide bonds. The molecule has 3 aromatic rings. The topological polar surface area (TPSA) is 104 Å². The molecule has 0 spiro atoms. The lowest BCUT2D eigenvalue weighted by atomic mass is 10.2. The summed E-state index contributed by atoms with van der Waals surface area (Å²) in [7, 11) is -2.56. The number of nitrogens with zero attached hydrogens (tertiary/aromatic N) is 3. The Morgan fingerprint density at radius 1 is 1.15 bits per heavy atom. The van der Waals surface area contributed by atoms with Gasteiger partial charge in [-0.15, -0.1) is 0 Å². The van der Waals surface area contributed by atoms with Gasteiger partial charge in [-0.2, -0.15) is 0 Å². The zero-order valence-corrected chi connectivity index (χ0v) is 14.8. The molecule has 8 nitrogen and oxygen atoms in total. The van der Waals surface area contributed by atoms with Gasteiger partial charge in [0.1, 0.15) is 0 Å². The van der Waals surface area contributed by atoms with Gasteiger partial charge < -0.3 is 4.74 Å². The lowest BCUT2D eigenvalue weighted by molar-refractivity contribution is -0.385. The third-order valence-corrected chi connectivity index (χ3v) is 5.50. The number of aromatic nitrogens is 2. The lowest BCUT2D eigenvalue weighted by Crippen LogP contribution is -2.13. The first-order valence-corrected chi connectivity index (χ1v) is 8.97. The van der Waals surface area contributed by atoms with Gasteiger partial charge in [0.05, 0.1) is 16.9 Å². The number of aryl methyl sites for hydroxylation is 1. The first kappa shape index (κ1) is 17.6. The molecule has 0 radical (unpaired) electrons. The van der Waals surface area contributed by atoms with Crippen LogP contribution in [0.4, 0.5) is 5.69 Å². The van der Waals surface area contributed by atoms with Crippen LogP contribution in [0, 0.1) is 17.0 Å². The minimum Gasteiger partial charge on any atom is -0.490 e. The molecule has 1 heterocycles. The highest BCUT2D eigenvalue weighted by molar-refractivity contribution is 7.90. The van der Waals surface area contributed by atoms with Gasteiger partial charge >= 0.3 is 5.69 Å². The van der Waals surface area contributed by atoms with Crippen molar-refractivity contribution in [2.75, 3.05) is 7.11 Å². The Labute approximate surface area is 149 Å². The molecule has 0 bridgehead atoms. The molecular formula is C17H15N3O5S. The minimum absolute atomic E-state index is 0.0799. The van der Waals surface area contributed by atoms with Crippen molar-refractivity contribution in [3.63, 3.8) is 0 Å². The molecule has 0 N–H and O–H groups in total. The van der Waals surface area contributed by atoms with Crippen molar-refractivity contribution in [1.29, 1.82) is 0 Å². The van der Waals surface area contributed by atoms with Crippen LogP contribution in [0.25, 0.3) is 11.4 Å². The van der Waals surface area contributed by atoms with E-state index in [0.29, 0.717) is 0 Å². The predicted octanol–water partition coefficient (Wildman–Crippen LogP) is 3.01. The molecule has 0 unspecified atom stereocenters. The highest BCUT2D eigenvalue weighted by atomic mass is 32.2. The van der Waals surface area contributed by atoms with Crippen molar-refractivity contribution in [3.05, 3.63) is 70.5 Å². The van der Waals surface area contributed by atoms with Crippen molar-refractivity contribution in [1.82, 2.24) is 8.96 Å². The smallest absolute Gasteiger partial charge is 0.311 e. The van der Waals surface area contributed by atoms with Crippen molar-refractivity contribution >= 4 is 15.7 Å². The van der Waals surface area contributed by atoms with Crippen LogP contribution in [0.1, 0.15) is 5.56 Å². The Kier molecular flexibility index (Phi) is 4.47. The summed E-state index contributed by atoms with van der Waals surface area (Å²) in [5.41, 5.74) is 0.950. The summed E-state index contributed by atoms with van der Waals surface area (Å²) in [5, 5.41) is 11.2. The number of benzene rings is 2. The number of hydrogen-bond donors (Lipinski definition) is 0. The van der Waals surface area contributed by atoms with Crippen molar-refractivity contribution in [2.24, 2.45) is 0 Å². The van der Waals surface area contributed by atoms with Crippen molar-refractivity contribution < 1.29 is 18.1 Å². The number of methoxy groups -OCH3 is 1. The molecule has 0 saturated carbocycles. The molecule has 3 rings (SSSR count). The van der Waals surface area contributed by atoms with E-state index < -0.39 is 14.9 Å². The normalized spacial score (nSPS) is 11.3. The molecule has 0 aliphatic heterocycles. The van der Waals surface area contributed by atoms with Gasteiger partial charge in [-0.25, -0.2) is 17.4 Å². The predicted molar refractivity (Wildman–Crippen MR) is 94.6 cm³/mol. The van der Waals surface area contributed by atoms with Crippen LogP contribution < -0.4 is 4.74 Å². The zero-order valence-electron chi connectivity index (χ0n) is 14.0. The van der Waals surface area contributed by atoms with Crippen LogP contribution in [0.15, 0.2) is 59.8 Å². The van der Waals surface area contributed by atoms with Crippen LogP contribution in [0.5, 0.6) is 5.75 Å². The molecule has 0 fully saturated rings. The molecular weight excluding hydrogens is 358 g/mol. The zero-order chi connectivity index (χ0) is 18.9. The number of nitro benzene ring substituents is 1. The summed E-state index contributed by atoms with van der Waals surface area (Å²) >= 11 is 0.